The fourth-order valence-corrected chi connectivity index (χ4v) is 5.32. The van der Waals surface area contributed by atoms with Gasteiger partial charge in [-0.15, -0.1) is 0 Å². The third-order valence-corrected chi connectivity index (χ3v) is 7.63. The van der Waals surface area contributed by atoms with Gasteiger partial charge in [0.25, 0.3) is 5.92 Å². The normalized spacial score (nSPS) is 32.3. The highest BCUT2D eigenvalue weighted by Crippen LogP contribution is 2.55. The van der Waals surface area contributed by atoms with Crippen LogP contribution < -0.4 is 9.80 Å². The molecule has 2 saturated heterocycles. The van der Waals surface area contributed by atoms with Crippen molar-refractivity contribution in [3.63, 3.8) is 0 Å². The van der Waals surface area contributed by atoms with Crippen LogP contribution in [0.1, 0.15) is 19.0 Å². The molecule has 4 rings (SSSR count). The van der Waals surface area contributed by atoms with Crippen molar-refractivity contribution in [3.8, 4) is 0 Å². The number of aliphatic carboxylic acids is 1. The Bertz CT molecular complexity index is 781. The topological polar surface area (TPSA) is 76.9 Å². The van der Waals surface area contributed by atoms with Crippen LogP contribution >= 0.6 is 34.2 Å². The quantitative estimate of drug-likeness (QED) is 0.358. The number of carbonyl (C=O) groups is 1. The van der Waals surface area contributed by atoms with Crippen LogP contribution in [0.3, 0.4) is 0 Å². The number of carboxylic acids is 1. The Labute approximate surface area is 173 Å². The Balaban J connectivity index is 1.62. The number of pyridine rings is 1. The Morgan fingerprint density at radius 1 is 1.41 bits per heavy atom. The average Bonchev–Trinajstić information content (AvgIpc) is 3.02. The monoisotopic (exact) mass is 513 g/mol. The van der Waals surface area contributed by atoms with E-state index in [1.165, 1.54) is 0 Å². The number of fused-ring (bicyclic) bond motifs is 1. The summed E-state index contributed by atoms with van der Waals surface area (Å²) in [5, 5.41) is 18.6. The number of rotatable bonds is 5. The fraction of sp³-hybridized carbons (Fsp3) is 0.647. The fourth-order valence-electron chi connectivity index (χ4n) is 4.20. The first-order valence-corrected chi connectivity index (χ1v) is 10.3. The molecule has 0 spiro atoms. The number of carboxylic acid groups (broad SMARTS) is 1. The molecule has 1 aromatic rings. The maximum atomic E-state index is 14.1. The van der Waals surface area contributed by atoms with Gasteiger partial charge in [-0.2, -0.15) is 8.78 Å². The molecule has 0 bridgehead atoms. The number of alkyl halides is 3. The lowest BCUT2D eigenvalue weighted by Gasteiger charge is -2.43. The lowest BCUT2D eigenvalue weighted by atomic mass is 10.1. The molecule has 1 aliphatic carbocycles. The van der Waals surface area contributed by atoms with Gasteiger partial charge in [0, 0.05) is 39.0 Å². The Morgan fingerprint density at radius 2 is 2.04 bits per heavy atom. The lowest BCUT2D eigenvalue weighted by molar-refractivity contribution is -0.137. The van der Waals surface area contributed by atoms with Gasteiger partial charge in [-0.3, -0.25) is 4.79 Å². The third kappa shape index (κ3) is 3.35. The summed E-state index contributed by atoms with van der Waals surface area (Å²) in [7, 11) is 0. The number of aliphatic hydroxyl groups excluding tert-OH is 1. The van der Waals surface area contributed by atoms with E-state index in [4.69, 9.17) is 16.7 Å². The smallest absolute Gasteiger partial charge is 0.303 e. The molecular formula is C17H19ClF2IN3O3. The summed E-state index contributed by atoms with van der Waals surface area (Å²) in [6.45, 7) is 2.32. The zero-order valence-electron chi connectivity index (χ0n) is 14.4. The molecular weight excluding hydrogens is 495 g/mol. The minimum atomic E-state index is -3.19. The number of piperidine rings is 1. The zero-order chi connectivity index (χ0) is 19.7. The van der Waals surface area contributed by atoms with E-state index < -0.39 is 23.7 Å². The molecule has 1 saturated carbocycles. The number of β-amino-alcohol motifs (C(OH)–C–C–N with tert-alkyl or cyclic N) is 1. The zero-order valence-corrected chi connectivity index (χ0v) is 17.4. The molecule has 1 aromatic heterocycles. The van der Waals surface area contributed by atoms with E-state index in [0.29, 0.717) is 31.1 Å². The molecule has 0 radical (unpaired) electrons. The van der Waals surface area contributed by atoms with Crippen LogP contribution in [0.2, 0.25) is 5.02 Å². The van der Waals surface area contributed by atoms with E-state index in [1.54, 1.807) is 11.0 Å². The molecule has 3 heterocycles. The van der Waals surface area contributed by atoms with Gasteiger partial charge in [0.05, 0.1) is 10.7 Å². The summed E-state index contributed by atoms with van der Waals surface area (Å²) in [4.78, 5) is 18.7. The van der Waals surface area contributed by atoms with Crippen molar-refractivity contribution in [2.75, 3.05) is 29.4 Å². The number of hydrogen-bond acceptors (Lipinski definition) is 5. The standard InChI is InChI=1S/C17H19ClF2IN3O3/c1-17(19,20)15-14(18)10(3-12(22-15)24-6-11(25)16(24)21)23-4-8-7(2-13(26)27)9(8)5-23/h3,7-9,11,16,25H,2,4-6H2,1H3,(H,26,27)/t7?,8-,9+,11-,16-/m1/s1. The number of aromatic nitrogens is 1. The van der Waals surface area contributed by atoms with Crippen LogP contribution in [0.25, 0.3) is 0 Å². The van der Waals surface area contributed by atoms with Crippen molar-refractivity contribution in [1.29, 1.82) is 0 Å². The van der Waals surface area contributed by atoms with E-state index in [1.807, 2.05) is 4.90 Å². The lowest BCUT2D eigenvalue weighted by Crippen LogP contribution is -2.57. The number of aliphatic hydroxyl groups is 1. The molecule has 2 N–H and O–H groups in total. The number of anilines is 2. The van der Waals surface area contributed by atoms with Crippen molar-refractivity contribution in [1.82, 2.24) is 4.98 Å². The molecule has 6 nitrogen and oxygen atoms in total. The van der Waals surface area contributed by atoms with Gasteiger partial charge in [-0.25, -0.2) is 4.98 Å². The van der Waals surface area contributed by atoms with E-state index in [9.17, 15) is 18.7 Å². The summed E-state index contributed by atoms with van der Waals surface area (Å²) in [5.74, 6) is -2.93. The molecule has 27 heavy (non-hydrogen) atoms. The first-order chi connectivity index (χ1) is 12.6. The molecule has 0 aromatic carbocycles. The second-order valence-electron chi connectivity index (χ2n) is 7.64. The van der Waals surface area contributed by atoms with Gasteiger partial charge in [0.1, 0.15) is 21.7 Å². The Hall–Kier alpha value is -0.940. The first kappa shape index (κ1) is 19.4. The van der Waals surface area contributed by atoms with Crippen LogP contribution in [0.5, 0.6) is 0 Å². The van der Waals surface area contributed by atoms with Crippen molar-refractivity contribution in [3.05, 3.63) is 16.8 Å². The van der Waals surface area contributed by atoms with Crippen LogP contribution in [0.4, 0.5) is 20.3 Å². The van der Waals surface area contributed by atoms with Crippen molar-refractivity contribution in [2.24, 2.45) is 17.8 Å². The molecule has 3 fully saturated rings. The molecule has 0 amide bonds. The van der Waals surface area contributed by atoms with E-state index in [-0.39, 0.29) is 33.2 Å². The summed E-state index contributed by atoms with van der Waals surface area (Å²) < 4.78 is 28.0. The van der Waals surface area contributed by atoms with Crippen molar-refractivity contribution >= 4 is 51.7 Å². The predicted octanol–water partition coefficient (Wildman–Crippen LogP) is 2.95. The van der Waals surface area contributed by atoms with Gasteiger partial charge < -0.3 is 20.0 Å². The minimum absolute atomic E-state index is 0.0617. The molecule has 148 valence electrons. The predicted molar refractivity (Wildman–Crippen MR) is 105 cm³/mol. The summed E-state index contributed by atoms with van der Waals surface area (Å²) in [6, 6.07) is 1.70. The summed E-state index contributed by atoms with van der Waals surface area (Å²) >= 11 is 8.37. The maximum absolute atomic E-state index is 14.1. The van der Waals surface area contributed by atoms with Gasteiger partial charge in [-0.1, -0.05) is 34.2 Å². The van der Waals surface area contributed by atoms with Crippen LogP contribution in [0.15, 0.2) is 6.07 Å². The number of hydrogen-bond donors (Lipinski definition) is 2. The number of halogens is 4. The highest BCUT2D eigenvalue weighted by molar-refractivity contribution is 14.1. The first-order valence-electron chi connectivity index (χ1n) is 8.72. The molecule has 2 aliphatic heterocycles. The van der Waals surface area contributed by atoms with Crippen molar-refractivity contribution < 1.29 is 23.8 Å². The largest absolute Gasteiger partial charge is 0.481 e. The Morgan fingerprint density at radius 3 is 2.52 bits per heavy atom. The Kier molecular flexibility index (Phi) is 4.70. The summed E-state index contributed by atoms with van der Waals surface area (Å²) in [6.07, 6.45) is -0.368. The second kappa shape index (κ2) is 6.55. The molecule has 1 unspecified atom stereocenters. The van der Waals surface area contributed by atoms with Gasteiger partial charge >= 0.3 is 5.97 Å². The summed E-state index contributed by atoms with van der Waals surface area (Å²) in [5.41, 5.74) is 0.0359. The van der Waals surface area contributed by atoms with Gasteiger partial charge in [0.15, 0.2) is 0 Å². The third-order valence-electron chi connectivity index (χ3n) is 5.76. The van der Waals surface area contributed by atoms with Crippen LogP contribution in [0, 0.1) is 17.8 Å². The number of nitrogens with zero attached hydrogens (tertiary/aromatic N) is 3. The van der Waals surface area contributed by atoms with Crippen LogP contribution in [-0.4, -0.2) is 51.0 Å². The minimum Gasteiger partial charge on any atom is -0.481 e. The SMILES string of the molecule is CC(F)(F)c1nc(N2C[C@@H](O)[C@@H]2I)cc(N2C[C@@H]3C(CC(=O)O)[C@@H]3C2)c1Cl. The molecule has 10 heteroatoms. The average molecular weight is 514 g/mol. The van der Waals surface area contributed by atoms with E-state index in [2.05, 4.69) is 27.6 Å². The van der Waals surface area contributed by atoms with E-state index >= 15 is 0 Å². The molecule has 5 atom stereocenters. The van der Waals surface area contributed by atoms with E-state index in [0.717, 1.165) is 6.92 Å². The second-order valence-corrected chi connectivity index (χ2v) is 9.29. The highest BCUT2D eigenvalue weighted by Gasteiger charge is 2.56. The molecule has 3 aliphatic rings. The maximum Gasteiger partial charge on any atom is 0.303 e. The van der Waals surface area contributed by atoms with Crippen molar-refractivity contribution in [2.45, 2.75) is 29.4 Å². The van der Waals surface area contributed by atoms with Gasteiger partial charge in [0.2, 0.25) is 0 Å². The van der Waals surface area contributed by atoms with Gasteiger partial charge in [-0.05, 0) is 17.8 Å². The van der Waals surface area contributed by atoms with Crippen LogP contribution in [-0.2, 0) is 10.7 Å². The highest BCUT2D eigenvalue weighted by atomic mass is 127.